The molecule has 0 aromatic heterocycles. The number of benzene rings is 1. The number of hydrogen-bond donors (Lipinski definition) is 3. The number of carbonyl (C=O) groups is 1. The Hall–Kier alpha value is -1.82. The fourth-order valence-corrected chi connectivity index (χ4v) is 2.36. The van der Waals surface area contributed by atoms with Crippen LogP contribution in [0.1, 0.15) is 32.1 Å². The molecule has 2 aliphatic carbocycles. The number of nitrogens with one attached hydrogen (secondary N) is 2. The summed E-state index contributed by atoms with van der Waals surface area (Å²) in [5, 5.41) is 14.8. The van der Waals surface area contributed by atoms with Crippen molar-refractivity contribution in [3.8, 4) is 5.75 Å². The molecule has 2 aliphatic rings. The van der Waals surface area contributed by atoms with E-state index in [4.69, 9.17) is 4.74 Å². The number of halogens is 1. The van der Waals surface area contributed by atoms with Crippen LogP contribution in [0.3, 0.4) is 0 Å². The molecule has 0 heterocycles. The van der Waals surface area contributed by atoms with Crippen molar-refractivity contribution in [2.24, 2.45) is 5.92 Å². The monoisotopic (exact) mass is 308 g/mol. The van der Waals surface area contributed by atoms with E-state index in [-0.39, 0.29) is 18.4 Å². The van der Waals surface area contributed by atoms with Crippen LogP contribution in [0.4, 0.5) is 14.9 Å². The van der Waals surface area contributed by atoms with Crippen LogP contribution in [0.25, 0.3) is 0 Å². The first-order valence-corrected chi connectivity index (χ1v) is 7.81. The van der Waals surface area contributed by atoms with Crippen LogP contribution in [-0.4, -0.2) is 29.9 Å². The molecule has 2 amide bonds. The van der Waals surface area contributed by atoms with Crippen molar-refractivity contribution in [2.75, 3.05) is 11.9 Å². The lowest BCUT2D eigenvalue weighted by Gasteiger charge is -2.26. The molecule has 0 bridgehead atoms. The summed E-state index contributed by atoms with van der Waals surface area (Å²) in [4.78, 5) is 11.7. The van der Waals surface area contributed by atoms with Gasteiger partial charge in [-0.15, -0.1) is 0 Å². The molecule has 0 saturated heterocycles. The second kappa shape index (κ2) is 6.52. The molecule has 1 aromatic carbocycles. The molecule has 2 fully saturated rings. The molecule has 0 radical (unpaired) electrons. The van der Waals surface area contributed by atoms with E-state index in [1.54, 1.807) is 6.07 Å². The minimum absolute atomic E-state index is 0.112. The number of urea groups is 1. The van der Waals surface area contributed by atoms with E-state index in [1.165, 1.54) is 12.1 Å². The van der Waals surface area contributed by atoms with Gasteiger partial charge in [0.1, 0.15) is 0 Å². The van der Waals surface area contributed by atoms with Crippen LogP contribution < -0.4 is 15.4 Å². The van der Waals surface area contributed by atoms with E-state index in [9.17, 15) is 14.3 Å². The third-order valence-corrected chi connectivity index (χ3v) is 4.17. The van der Waals surface area contributed by atoms with Gasteiger partial charge in [-0.05, 0) is 50.2 Å². The highest BCUT2D eigenvalue weighted by molar-refractivity contribution is 5.89. The lowest BCUT2D eigenvalue weighted by Crippen LogP contribution is -2.36. The zero-order valence-corrected chi connectivity index (χ0v) is 12.3. The molecule has 1 unspecified atom stereocenters. The molecule has 1 aromatic rings. The van der Waals surface area contributed by atoms with Gasteiger partial charge in [0.15, 0.2) is 11.6 Å². The van der Waals surface area contributed by atoms with Gasteiger partial charge in [0.2, 0.25) is 0 Å². The molecule has 1 atom stereocenters. The zero-order valence-electron chi connectivity index (χ0n) is 12.3. The first-order valence-electron chi connectivity index (χ1n) is 7.81. The van der Waals surface area contributed by atoms with Crippen molar-refractivity contribution in [3.63, 3.8) is 0 Å². The van der Waals surface area contributed by atoms with Gasteiger partial charge >= 0.3 is 6.03 Å². The quantitative estimate of drug-likeness (QED) is 0.756. The molecule has 0 aliphatic heterocycles. The molecule has 22 heavy (non-hydrogen) atoms. The Morgan fingerprint density at radius 2 is 2.14 bits per heavy atom. The average Bonchev–Trinajstić information content (AvgIpc) is 3.26. The SMILES string of the molecule is O=C(NCC(O)C1CC1)Nc1ccc(OC2CCC2)c(F)c1. The number of hydrogen-bond acceptors (Lipinski definition) is 3. The fraction of sp³-hybridized carbons (Fsp3) is 0.562. The molecule has 0 spiro atoms. The number of anilines is 1. The van der Waals surface area contributed by atoms with E-state index in [0.29, 0.717) is 11.6 Å². The van der Waals surface area contributed by atoms with E-state index in [1.807, 2.05) is 0 Å². The van der Waals surface area contributed by atoms with Crippen LogP contribution in [0.2, 0.25) is 0 Å². The number of amides is 2. The van der Waals surface area contributed by atoms with E-state index < -0.39 is 18.0 Å². The Kier molecular flexibility index (Phi) is 4.47. The van der Waals surface area contributed by atoms with Crippen molar-refractivity contribution < 1.29 is 19.0 Å². The second-order valence-electron chi connectivity index (χ2n) is 6.06. The van der Waals surface area contributed by atoms with Crippen LogP contribution in [0, 0.1) is 11.7 Å². The smallest absolute Gasteiger partial charge is 0.319 e. The Bertz CT molecular complexity index is 544. The van der Waals surface area contributed by atoms with Gasteiger partial charge in [0.05, 0.1) is 12.2 Å². The Morgan fingerprint density at radius 3 is 2.73 bits per heavy atom. The molecule has 3 rings (SSSR count). The maximum absolute atomic E-state index is 13.9. The van der Waals surface area contributed by atoms with Crippen LogP contribution in [-0.2, 0) is 0 Å². The largest absolute Gasteiger partial charge is 0.487 e. The molecular formula is C16H21FN2O3. The van der Waals surface area contributed by atoms with Crippen molar-refractivity contribution in [3.05, 3.63) is 24.0 Å². The maximum Gasteiger partial charge on any atom is 0.319 e. The molecule has 3 N–H and O–H groups in total. The van der Waals surface area contributed by atoms with E-state index >= 15 is 0 Å². The van der Waals surface area contributed by atoms with Gasteiger partial charge in [-0.2, -0.15) is 0 Å². The van der Waals surface area contributed by atoms with Gasteiger partial charge in [0, 0.05) is 18.3 Å². The fourth-order valence-electron chi connectivity index (χ4n) is 2.36. The highest BCUT2D eigenvalue weighted by Crippen LogP contribution is 2.32. The third kappa shape index (κ3) is 3.88. The Morgan fingerprint density at radius 1 is 1.36 bits per heavy atom. The molecule has 2 saturated carbocycles. The summed E-state index contributed by atoms with van der Waals surface area (Å²) in [7, 11) is 0. The third-order valence-electron chi connectivity index (χ3n) is 4.17. The molecule has 120 valence electrons. The summed E-state index contributed by atoms with van der Waals surface area (Å²) < 4.78 is 19.4. The minimum Gasteiger partial charge on any atom is -0.487 e. The minimum atomic E-state index is -0.499. The number of ether oxygens (including phenoxy) is 1. The molecule has 5 nitrogen and oxygen atoms in total. The predicted octanol–water partition coefficient (Wildman–Crippen LogP) is 2.65. The van der Waals surface area contributed by atoms with E-state index in [0.717, 1.165) is 32.1 Å². The van der Waals surface area contributed by atoms with Crippen molar-refractivity contribution in [1.82, 2.24) is 5.32 Å². The van der Waals surface area contributed by atoms with Gasteiger partial charge < -0.3 is 20.5 Å². The Labute approximate surface area is 128 Å². The number of rotatable bonds is 6. The summed E-state index contributed by atoms with van der Waals surface area (Å²) in [6.07, 6.45) is 4.69. The first kappa shape index (κ1) is 15.1. The van der Waals surface area contributed by atoms with Crippen LogP contribution >= 0.6 is 0 Å². The molecular weight excluding hydrogens is 287 g/mol. The topological polar surface area (TPSA) is 70.6 Å². The normalized spacial score (nSPS) is 19.2. The second-order valence-corrected chi connectivity index (χ2v) is 6.06. The number of aliphatic hydroxyl groups excluding tert-OH is 1. The lowest BCUT2D eigenvalue weighted by atomic mass is 9.96. The summed E-state index contributed by atoms with van der Waals surface area (Å²) in [6.45, 7) is 0.210. The highest BCUT2D eigenvalue weighted by Gasteiger charge is 2.29. The number of carbonyl (C=O) groups excluding carboxylic acids is 1. The van der Waals surface area contributed by atoms with Gasteiger partial charge in [-0.3, -0.25) is 0 Å². The summed E-state index contributed by atoms with van der Waals surface area (Å²) >= 11 is 0. The summed E-state index contributed by atoms with van der Waals surface area (Å²) in [6, 6.07) is 3.92. The van der Waals surface area contributed by atoms with Gasteiger partial charge in [-0.1, -0.05) is 0 Å². The zero-order chi connectivity index (χ0) is 15.5. The van der Waals surface area contributed by atoms with Crippen molar-refractivity contribution >= 4 is 11.7 Å². The van der Waals surface area contributed by atoms with E-state index in [2.05, 4.69) is 10.6 Å². The maximum atomic E-state index is 13.9. The average molecular weight is 308 g/mol. The standard InChI is InChI=1S/C16H21FN2O3/c17-13-8-11(6-7-15(13)22-12-2-1-3-12)19-16(21)18-9-14(20)10-4-5-10/h6-8,10,12,14,20H,1-5,9H2,(H2,18,19,21). The van der Waals surface area contributed by atoms with Crippen LogP contribution in [0.5, 0.6) is 5.75 Å². The molecule has 6 heteroatoms. The Balaban J connectivity index is 1.48. The predicted molar refractivity (Wildman–Crippen MR) is 80.4 cm³/mol. The lowest BCUT2D eigenvalue weighted by molar-refractivity contribution is 0.115. The van der Waals surface area contributed by atoms with Crippen LogP contribution in [0.15, 0.2) is 18.2 Å². The van der Waals surface area contributed by atoms with Crippen molar-refractivity contribution in [1.29, 1.82) is 0 Å². The number of aliphatic hydroxyl groups is 1. The van der Waals surface area contributed by atoms with Gasteiger partial charge in [-0.25, -0.2) is 9.18 Å². The highest BCUT2D eigenvalue weighted by atomic mass is 19.1. The van der Waals surface area contributed by atoms with Gasteiger partial charge in [0.25, 0.3) is 0 Å². The summed E-state index contributed by atoms with van der Waals surface area (Å²) in [5.74, 6) is 0.0446. The summed E-state index contributed by atoms with van der Waals surface area (Å²) in [5.41, 5.74) is 0.358. The van der Waals surface area contributed by atoms with Crippen molar-refractivity contribution in [2.45, 2.75) is 44.3 Å². The first-order chi connectivity index (χ1) is 10.6.